The first-order valence-corrected chi connectivity index (χ1v) is 10.1. The highest BCUT2D eigenvalue weighted by atomic mass is 35.5. The van der Waals surface area contributed by atoms with Gasteiger partial charge < -0.3 is 4.52 Å². The Morgan fingerprint density at radius 1 is 1.29 bits per heavy atom. The number of likely N-dealkylation sites (tertiary alicyclic amines) is 1. The predicted octanol–water partition coefficient (Wildman–Crippen LogP) is 2.51. The number of rotatable bonds is 5. The first kappa shape index (κ1) is 17.4. The molecule has 1 saturated heterocycles. The van der Waals surface area contributed by atoms with Crippen LogP contribution in [0.2, 0.25) is 5.02 Å². The molecule has 0 amide bonds. The maximum Gasteiger partial charge on any atom is 0.208 e. The minimum atomic E-state index is -3.14. The molecule has 1 N–H and O–H groups in total. The molecule has 130 valence electrons. The van der Waals surface area contributed by atoms with Crippen LogP contribution in [0.3, 0.4) is 0 Å². The van der Waals surface area contributed by atoms with E-state index in [-0.39, 0.29) is 6.04 Å². The topological polar surface area (TPSA) is 75.4 Å². The number of sulfonamides is 1. The lowest BCUT2D eigenvalue weighted by molar-refractivity contribution is 0.180. The van der Waals surface area contributed by atoms with Crippen LogP contribution in [0.25, 0.3) is 11.3 Å². The molecule has 0 aliphatic carbocycles. The quantitative estimate of drug-likeness (QED) is 0.876. The summed E-state index contributed by atoms with van der Waals surface area (Å²) >= 11 is 5.89. The number of hydrogen-bond donors (Lipinski definition) is 1. The van der Waals surface area contributed by atoms with Gasteiger partial charge in [0.1, 0.15) is 5.69 Å². The second-order valence-electron chi connectivity index (χ2n) is 6.13. The van der Waals surface area contributed by atoms with Gasteiger partial charge in [0.25, 0.3) is 0 Å². The molecule has 24 heavy (non-hydrogen) atoms. The minimum absolute atomic E-state index is 0.0237. The number of benzene rings is 1. The van der Waals surface area contributed by atoms with E-state index in [9.17, 15) is 8.42 Å². The molecule has 1 aliphatic heterocycles. The summed E-state index contributed by atoms with van der Waals surface area (Å²) in [4.78, 5) is 2.24. The highest BCUT2D eigenvalue weighted by Crippen LogP contribution is 2.22. The molecule has 6 nitrogen and oxygen atoms in total. The predicted molar refractivity (Wildman–Crippen MR) is 93.2 cm³/mol. The van der Waals surface area contributed by atoms with E-state index in [0.717, 1.165) is 42.9 Å². The van der Waals surface area contributed by atoms with Crippen LogP contribution < -0.4 is 4.72 Å². The van der Waals surface area contributed by atoms with E-state index in [1.807, 2.05) is 30.3 Å². The Morgan fingerprint density at radius 3 is 2.58 bits per heavy atom. The lowest BCUT2D eigenvalue weighted by Crippen LogP contribution is -2.43. The lowest BCUT2D eigenvalue weighted by Gasteiger charge is -2.31. The summed E-state index contributed by atoms with van der Waals surface area (Å²) < 4.78 is 30.6. The van der Waals surface area contributed by atoms with Crippen molar-refractivity contribution in [2.45, 2.75) is 25.4 Å². The molecule has 1 fully saturated rings. The van der Waals surface area contributed by atoms with Crippen LogP contribution in [0.4, 0.5) is 0 Å². The van der Waals surface area contributed by atoms with E-state index in [2.05, 4.69) is 14.8 Å². The average Bonchev–Trinajstić information content (AvgIpc) is 2.97. The van der Waals surface area contributed by atoms with Crippen molar-refractivity contribution in [3.63, 3.8) is 0 Å². The largest absolute Gasteiger partial charge is 0.359 e. The van der Waals surface area contributed by atoms with Crippen molar-refractivity contribution < 1.29 is 12.9 Å². The zero-order valence-electron chi connectivity index (χ0n) is 13.4. The lowest BCUT2D eigenvalue weighted by atomic mass is 10.1. The fourth-order valence-corrected chi connectivity index (χ4v) is 3.84. The Labute approximate surface area is 146 Å². The molecule has 1 aromatic carbocycles. The van der Waals surface area contributed by atoms with Crippen molar-refractivity contribution >= 4 is 21.6 Å². The summed E-state index contributed by atoms with van der Waals surface area (Å²) in [5.74, 6) is 0.800. The standard InChI is InChI=1S/C16H20ClN3O3S/c1-24(21,22)19-14-6-8-20(9-7-14)11-15-10-16(18-23-15)12-2-4-13(17)5-3-12/h2-5,10,14,19H,6-9,11H2,1H3. The third-order valence-electron chi connectivity index (χ3n) is 4.05. The summed E-state index contributed by atoms with van der Waals surface area (Å²) in [6.45, 7) is 2.32. The SMILES string of the molecule is CS(=O)(=O)NC1CCN(Cc2cc(-c3ccc(Cl)cc3)no2)CC1. The van der Waals surface area contributed by atoms with E-state index in [1.165, 1.54) is 6.26 Å². The second-order valence-corrected chi connectivity index (χ2v) is 8.34. The molecule has 0 saturated carbocycles. The summed E-state index contributed by atoms with van der Waals surface area (Å²) in [6, 6.07) is 9.42. The van der Waals surface area contributed by atoms with Crippen LogP contribution in [0, 0.1) is 0 Å². The number of piperidine rings is 1. The van der Waals surface area contributed by atoms with Crippen molar-refractivity contribution in [2.24, 2.45) is 0 Å². The van der Waals surface area contributed by atoms with E-state index in [0.29, 0.717) is 11.6 Å². The van der Waals surface area contributed by atoms with E-state index >= 15 is 0 Å². The Kier molecular flexibility index (Phi) is 5.24. The van der Waals surface area contributed by atoms with Gasteiger partial charge in [0.2, 0.25) is 10.0 Å². The molecule has 0 spiro atoms. The number of nitrogens with zero attached hydrogens (tertiary/aromatic N) is 2. The van der Waals surface area contributed by atoms with Gasteiger partial charge in [-0.3, -0.25) is 4.90 Å². The highest BCUT2D eigenvalue weighted by molar-refractivity contribution is 7.88. The molecular formula is C16H20ClN3O3S. The molecule has 1 aromatic heterocycles. The summed E-state index contributed by atoms with van der Waals surface area (Å²) in [6.07, 6.45) is 2.79. The fraction of sp³-hybridized carbons (Fsp3) is 0.438. The monoisotopic (exact) mass is 369 g/mol. The minimum Gasteiger partial charge on any atom is -0.359 e. The van der Waals surface area contributed by atoms with Crippen LogP contribution in [-0.2, 0) is 16.6 Å². The van der Waals surface area contributed by atoms with Gasteiger partial charge in [0.15, 0.2) is 5.76 Å². The van der Waals surface area contributed by atoms with Crippen LogP contribution in [0.15, 0.2) is 34.9 Å². The number of nitrogens with one attached hydrogen (secondary N) is 1. The summed E-state index contributed by atoms with van der Waals surface area (Å²) in [5.41, 5.74) is 1.75. The van der Waals surface area contributed by atoms with Gasteiger partial charge in [-0.1, -0.05) is 28.9 Å². The Bertz CT molecular complexity index is 781. The van der Waals surface area contributed by atoms with Gasteiger partial charge in [-0.2, -0.15) is 0 Å². The molecule has 8 heteroatoms. The normalized spacial score (nSPS) is 17.2. The summed E-state index contributed by atoms with van der Waals surface area (Å²) in [7, 11) is -3.14. The van der Waals surface area contributed by atoms with E-state index in [1.54, 1.807) is 0 Å². The highest BCUT2D eigenvalue weighted by Gasteiger charge is 2.22. The van der Waals surface area contributed by atoms with Crippen LogP contribution in [-0.4, -0.2) is 43.9 Å². The smallest absolute Gasteiger partial charge is 0.208 e. The molecule has 0 bridgehead atoms. The van der Waals surface area contributed by atoms with Crippen molar-refractivity contribution in [1.82, 2.24) is 14.8 Å². The van der Waals surface area contributed by atoms with Gasteiger partial charge in [-0.15, -0.1) is 0 Å². The van der Waals surface area contributed by atoms with Gasteiger partial charge >= 0.3 is 0 Å². The zero-order chi connectivity index (χ0) is 17.2. The van der Waals surface area contributed by atoms with Crippen molar-refractivity contribution in [3.05, 3.63) is 41.1 Å². The van der Waals surface area contributed by atoms with Crippen LogP contribution >= 0.6 is 11.6 Å². The molecular weight excluding hydrogens is 350 g/mol. The average molecular weight is 370 g/mol. The molecule has 0 radical (unpaired) electrons. The second kappa shape index (κ2) is 7.23. The third kappa shape index (κ3) is 4.80. The molecule has 1 aliphatic rings. The number of halogens is 1. The molecule has 0 unspecified atom stereocenters. The molecule has 0 atom stereocenters. The van der Waals surface area contributed by atoms with Gasteiger partial charge in [0, 0.05) is 35.8 Å². The van der Waals surface area contributed by atoms with Gasteiger partial charge in [-0.25, -0.2) is 13.1 Å². The van der Waals surface area contributed by atoms with Gasteiger partial charge in [-0.05, 0) is 25.0 Å². The Morgan fingerprint density at radius 2 is 1.96 bits per heavy atom. The molecule has 2 aromatic rings. The molecule has 2 heterocycles. The summed E-state index contributed by atoms with van der Waals surface area (Å²) in [5, 5.41) is 4.80. The fourth-order valence-electron chi connectivity index (χ4n) is 2.88. The van der Waals surface area contributed by atoms with Crippen LogP contribution in [0.5, 0.6) is 0 Å². The maximum atomic E-state index is 11.3. The Balaban J connectivity index is 1.55. The first-order valence-electron chi connectivity index (χ1n) is 7.80. The Hall–Kier alpha value is -1.41. The van der Waals surface area contributed by atoms with Gasteiger partial charge in [0.05, 0.1) is 12.8 Å². The van der Waals surface area contributed by atoms with Crippen molar-refractivity contribution in [1.29, 1.82) is 0 Å². The third-order valence-corrected chi connectivity index (χ3v) is 5.06. The van der Waals surface area contributed by atoms with Crippen molar-refractivity contribution in [3.8, 4) is 11.3 Å². The molecule has 3 rings (SSSR count). The zero-order valence-corrected chi connectivity index (χ0v) is 15.0. The van der Waals surface area contributed by atoms with Crippen molar-refractivity contribution in [2.75, 3.05) is 19.3 Å². The number of aromatic nitrogens is 1. The van der Waals surface area contributed by atoms with Crippen LogP contribution in [0.1, 0.15) is 18.6 Å². The van der Waals surface area contributed by atoms with E-state index in [4.69, 9.17) is 16.1 Å². The maximum absolute atomic E-state index is 11.3. The first-order chi connectivity index (χ1) is 11.4. The number of hydrogen-bond acceptors (Lipinski definition) is 5. The van der Waals surface area contributed by atoms with E-state index < -0.39 is 10.0 Å².